The third-order valence-corrected chi connectivity index (χ3v) is 4.40. The van der Waals surface area contributed by atoms with Crippen molar-refractivity contribution in [1.29, 1.82) is 0 Å². The Balaban J connectivity index is 1.78. The highest BCUT2D eigenvalue weighted by atomic mass is 16.5. The van der Waals surface area contributed by atoms with Crippen molar-refractivity contribution in [1.82, 2.24) is 5.32 Å². The van der Waals surface area contributed by atoms with Crippen LogP contribution < -0.4 is 10.2 Å². The second-order valence-electron chi connectivity index (χ2n) is 6.14. The van der Waals surface area contributed by atoms with Gasteiger partial charge in [-0.15, -0.1) is 0 Å². The fourth-order valence-electron chi connectivity index (χ4n) is 2.96. The first-order chi connectivity index (χ1) is 9.78. The minimum atomic E-state index is 0.322. The van der Waals surface area contributed by atoms with Crippen LogP contribution in [0, 0.1) is 0 Å². The minimum absolute atomic E-state index is 0.322. The number of nitrogens with one attached hydrogen (secondary N) is 1. The second kappa shape index (κ2) is 6.15. The molecule has 1 aromatic rings. The Hall–Kier alpha value is -1.06. The molecule has 3 heteroatoms. The van der Waals surface area contributed by atoms with Gasteiger partial charge in [-0.25, -0.2) is 0 Å². The lowest BCUT2D eigenvalue weighted by Gasteiger charge is -2.41. The minimum Gasteiger partial charge on any atom is -0.375 e. The molecule has 1 aliphatic heterocycles. The van der Waals surface area contributed by atoms with Crippen LogP contribution in [0.15, 0.2) is 24.3 Å². The van der Waals surface area contributed by atoms with Crippen LogP contribution in [0.2, 0.25) is 0 Å². The Morgan fingerprint density at radius 2 is 2.10 bits per heavy atom. The van der Waals surface area contributed by atoms with Crippen LogP contribution in [0.3, 0.4) is 0 Å². The maximum absolute atomic E-state index is 5.82. The number of morpholine rings is 1. The van der Waals surface area contributed by atoms with Gasteiger partial charge in [0, 0.05) is 24.8 Å². The average Bonchev–Trinajstić information content (AvgIpc) is 3.29. The maximum atomic E-state index is 5.82. The van der Waals surface area contributed by atoms with E-state index >= 15 is 0 Å². The average molecular weight is 274 g/mol. The number of rotatable bonds is 5. The quantitative estimate of drug-likeness (QED) is 0.893. The summed E-state index contributed by atoms with van der Waals surface area (Å²) in [6.45, 7) is 7.26. The van der Waals surface area contributed by atoms with E-state index in [1.165, 1.54) is 24.1 Å². The fourth-order valence-corrected chi connectivity index (χ4v) is 2.96. The second-order valence-corrected chi connectivity index (χ2v) is 6.14. The van der Waals surface area contributed by atoms with Crippen molar-refractivity contribution in [3.8, 4) is 0 Å². The predicted octanol–water partition coefficient (Wildman–Crippen LogP) is 2.94. The smallest absolute Gasteiger partial charge is 0.0723 e. The molecule has 20 heavy (non-hydrogen) atoms. The molecular weight excluding hydrogens is 248 g/mol. The zero-order chi connectivity index (χ0) is 13.9. The molecular formula is C17H26N2O. The normalized spacial score (nSPS) is 26.8. The Bertz CT molecular complexity index is 444. The summed E-state index contributed by atoms with van der Waals surface area (Å²) in [4.78, 5) is 2.55. The van der Waals surface area contributed by atoms with Gasteiger partial charge in [0.15, 0.2) is 0 Å². The van der Waals surface area contributed by atoms with Crippen LogP contribution in [-0.2, 0) is 11.3 Å². The summed E-state index contributed by atoms with van der Waals surface area (Å²) >= 11 is 0. The number of hydrogen-bond donors (Lipinski definition) is 1. The number of para-hydroxylation sites is 1. The summed E-state index contributed by atoms with van der Waals surface area (Å²) < 4.78 is 5.82. The highest BCUT2D eigenvalue weighted by Crippen LogP contribution is 2.28. The molecule has 0 aromatic heterocycles. The van der Waals surface area contributed by atoms with Gasteiger partial charge in [0.2, 0.25) is 0 Å². The van der Waals surface area contributed by atoms with Gasteiger partial charge in [0.25, 0.3) is 0 Å². The van der Waals surface area contributed by atoms with Crippen molar-refractivity contribution >= 4 is 5.69 Å². The monoisotopic (exact) mass is 274 g/mol. The molecule has 3 rings (SSSR count). The Morgan fingerprint density at radius 1 is 1.30 bits per heavy atom. The van der Waals surface area contributed by atoms with E-state index in [0.29, 0.717) is 12.1 Å². The maximum Gasteiger partial charge on any atom is 0.0723 e. The zero-order valence-corrected chi connectivity index (χ0v) is 12.6. The van der Waals surface area contributed by atoms with Crippen LogP contribution >= 0.6 is 0 Å². The van der Waals surface area contributed by atoms with Gasteiger partial charge < -0.3 is 15.0 Å². The largest absolute Gasteiger partial charge is 0.375 e. The van der Waals surface area contributed by atoms with Crippen LogP contribution in [0.25, 0.3) is 0 Å². The van der Waals surface area contributed by atoms with Crippen molar-refractivity contribution in [3.63, 3.8) is 0 Å². The van der Waals surface area contributed by atoms with Crippen molar-refractivity contribution < 1.29 is 4.74 Å². The standard InChI is InChI=1S/C17H26N2O/c1-3-16-12-20-13(2)11-19(16)17-7-5-4-6-14(17)10-18-15-8-9-15/h4-7,13,15-16,18H,3,8-12H2,1-2H3. The topological polar surface area (TPSA) is 24.5 Å². The molecule has 0 amide bonds. The fraction of sp³-hybridized carbons (Fsp3) is 0.647. The molecule has 1 aromatic carbocycles. The molecule has 2 unspecified atom stereocenters. The zero-order valence-electron chi connectivity index (χ0n) is 12.6. The first-order valence-corrected chi connectivity index (χ1v) is 7.97. The summed E-state index contributed by atoms with van der Waals surface area (Å²) in [6.07, 6.45) is 4.14. The van der Waals surface area contributed by atoms with Crippen LogP contribution in [0.4, 0.5) is 5.69 Å². The van der Waals surface area contributed by atoms with E-state index in [4.69, 9.17) is 4.74 Å². The molecule has 2 fully saturated rings. The van der Waals surface area contributed by atoms with E-state index in [1.54, 1.807) is 0 Å². The van der Waals surface area contributed by atoms with E-state index in [9.17, 15) is 0 Å². The molecule has 1 saturated carbocycles. The van der Waals surface area contributed by atoms with Gasteiger partial charge in [-0.3, -0.25) is 0 Å². The van der Waals surface area contributed by atoms with E-state index < -0.39 is 0 Å². The number of anilines is 1. The lowest BCUT2D eigenvalue weighted by molar-refractivity contribution is 0.0299. The van der Waals surface area contributed by atoms with Crippen molar-refractivity contribution in [2.45, 2.75) is 57.8 Å². The Labute approximate surface area is 122 Å². The molecule has 0 bridgehead atoms. The van der Waals surface area contributed by atoms with E-state index in [0.717, 1.165) is 32.2 Å². The number of benzene rings is 1. The van der Waals surface area contributed by atoms with Crippen LogP contribution in [-0.4, -0.2) is 31.3 Å². The Morgan fingerprint density at radius 3 is 2.85 bits per heavy atom. The molecule has 1 saturated heterocycles. The van der Waals surface area contributed by atoms with E-state index in [-0.39, 0.29) is 0 Å². The lowest BCUT2D eigenvalue weighted by atomic mass is 10.1. The van der Waals surface area contributed by atoms with Crippen molar-refractivity contribution in [2.24, 2.45) is 0 Å². The molecule has 0 radical (unpaired) electrons. The molecule has 1 N–H and O–H groups in total. The third-order valence-electron chi connectivity index (χ3n) is 4.40. The molecule has 1 heterocycles. The van der Waals surface area contributed by atoms with Crippen LogP contribution in [0.5, 0.6) is 0 Å². The predicted molar refractivity (Wildman–Crippen MR) is 83.1 cm³/mol. The molecule has 2 aliphatic rings. The van der Waals surface area contributed by atoms with Gasteiger partial charge in [-0.2, -0.15) is 0 Å². The molecule has 110 valence electrons. The third kappa shape index (κ3) is 3.15. The summed E-state index contributed by atoms with van der Waals surface area (Å²) in [5.41, 5.74) is 2.81. The molecule has 3 nitrogen and oxygen atoms in total. The SMILES string of the molecule is CCC1COC(C)CN1c1ccccc1CNC1CC1. The van der Waals surface area contributed by atoms with Gasteiger partial charge in [0.1, 0.15) is 0 Å². The lowest BCUT2D eigenvalue weighted by Crippen LogP contribution is -2.49. The molecule has 1 aliphatic carbocycles. The van der Waals surface area contributed by atoms with Crippen LogP contribution in [0.1, 0.15) is 38.7 Å². The number of hydrogen-bond acceptors (Lipinski definition) is 3. The summed E-state index contributed by atoms with van der Waals surface area (Å²) in [5, 5.41) is 3.64. The summed E-state index contributed by atoms with van der Waals surface area (Å²) in [7, 11) is 0. The van der Waals surface area contributed by atoms with Gasteiger partial charge in [-0.1, -0.05) is 25.1 Å². The van der Waals surface area contributed by atoms with Crippen molar-refractivity contribution in [3.05, 3.63) is 29.8 Å². The van der Waals surface area contributed by atoms with E-state index in [1.807, 2.05) is 0 Å². The highest BCUT2D eigenvalue weighted by Gasteiger charge is 2.27. The van der Waals surface area contributed by atoms with Gasteiger partial charge >= 0.3 is 0 Å². The van der Waals surface area contributed by atoms with Gasteiger partial charge in [0.05, 0.1) is 18.8 Å². The number of ether oxygens (including phenoxy) is 1. The van der Waals surface area contributed by atoms with Gasteiger partial charge in [-0.05, 0) is 37.8 Å². The number of nitrogens with zero attached hydrogens (tertiary/aromatic N) is 1. The highest BCUT2D eigenvalue weighted by molar-refractivity contribution is 5.55. The summed E-state index contributed by atoms with van der Waals surface area (Å²) in [5.74, 6) is 0. The van der Waals surface area contributed by atoms with Crippen molar-refractivity contribution in [2.75, 3.05) is 18.1 Å². The first kappa shape index (κ1) is 13.9. The molecule has 2 atom stereocenters. The first-order valence-electron chi connectivity index (χ1n) is 7.97. The molecule has 0 spiro atoms. The Kier molecular flexibility index (Phi) is 4.27. The summed E-state index contributed by atoms with van der Waals surface area (Å²) in [6, 6.07) is 10.1. The van der Waals surface area contributed by atoms with E-state index in [2.05, 4.69) is 48.3 Å².